The Bertz CT molecular complexity index is 550. The van der Waals surface area contributed by atoms with Gasteiger partial charge in [-0.3, -0.25) is 14.9 Å². The van der Waals surface area contributed by atoms with Crippen LogP contribution >= 0.6 is 0 Å². The molecule has 0 N–H and O–H groups in total. The molecule has 1 fully saturated rings. The SMILES string of the molecule is N#CC1CCCCN1C(=O)c1cccc([N+](=O)[O-])c1. The molecule has 0 aromatic heterocycles. The number of hydrogen-bond acceptors (Lipinski definition) is 4. The van der Waals surface area contributed by atoms with Gasteiger partial charge in [-0.05, 0) is 25.3 Å². The molecule has 6 nitrogen and oxygen atoms in total. The number of hydrogen-bond donors (Lipinski definition) is 0. The summed E-state index contributed by atoms with van der Waals surface area (Å²) in [6.45, 7) is 0.528. The van der Waals surface area contributed by atoms with Crippen molar-refractivity contribution in [2.75, 3.05) is 6.54 Å². The number of rotatable bonds is 2. The van der Waals surface area contributed by atoms with Gasteiger partial charge in [0.15, 0.2) is 0 Å². The Labute approximate surface area is 110 Å². The van der Waals surface area contributed by atoms with Crippen LogP contribution in [0.25, 0.3) is 0 Å². The minimum atomic E-state index is -0.533. The molecule has 6 heteroatoms. The first kappa shape index (κ1) is 13.0. The van der Waals surface area contributed by atoms with Gasteiger partial charge in [0.1, 0.15) is 6.04 Å². The van der Waals surface area contributed by atoms with Crippen LogP contribution < -0.4 is 0 Å². The van der Waals surface area contributed by atoms with E-state index in [0.717, 1.165) is 12.8 Å². The maximum atomic E-state index is 12.3. The molecular weight excluding hydrogens is 246 g/mol. The molecule has 0 aliphatic carbocycles. The van der Waals surface area contributed by atoms with Crippen LogP contribution in [-0.4, -0.2) is 28.3 Å². The summed E-state index contributed by atoms with van der Waals surface area (Å²) >= 11 is 0. The minimum absolute atomic E-state index is 0.114. The Hall–Kier alpha value is -2.42. The lowest BCUT2D eigenvalue weighted by Gasteiger charge is -2.31. The fourth-order valence-electron chi connectivity index (χ4n) is 2.23. The topological polar surface area (TPSA) is 87.2 Å². The van der Waals surface area contributed by atoms with Gasteiger partial charge in [0.2, 0.25) is 0 Å². The summed E-state index contributed by atoms with van der Waals surface area (Å²) in [7, 11) is 0. The van der Waals surface area contributed by atoms with Gasteiger partial charge in [-0.2, -0.15) is 5.26 Å². The van der Waals surface area contributed by atoms with Crippen LogP contribution in [0.4, 0.5) is 5.69 Å². The largest absolute Gasteiger partial charge is 0.323 e. The van der Waals surface area contributed by atoms with Crippen LogP contribution in [-0.2, 0) is 0 Å². The van der Waals surface area contributed by atoms with E-state index in [9.17, 15) is 14.9 Å². The maximum absolute atomic E-state index is 12.3. The van der Waals surface area contributed by atoms with Gasteiger partial charge >= 0.3 is 0 Å². The second-order valence-electron chi connectivity index (χ2n) is 4.45. The molecule has 1 atom stereocenters. The van der Waals surface area contributed by atoms with Crippen molar-refractivity contribution in [2.24, 2.45) is 0 Å². The molecule has 1 heterocycles. The first-order chi connectivity index (χ1) is 9.13. The molecular formula is C13H13N3O3. The number of nitro benzene ring substituents is 1. The van der Waals surface area contributed by atoms with Crippen molar-refractivity contribution < 1.29 is 9.72 Å². The molecule has 1 aromatic carbocycles. The number of piperidine rings is 1. The van der Waals surface area contributed by atoms with Gasteiger partial charge in [0, 0.05) is 24.2 Å². The summed E-state index contributed by atoms with van der Waals surface area (Å²) in [5, 5.41) is 19.7. The second kappa shape index (κ2) is 5.48. The quantitative estimate of drug-likeness (QED) is 0.601. The highest BCUT2D eigenvalue weighted by molar-refractivity contribution is 5.95. The van der Waals surface area contributed by atoms with Crippen molar-refractivity contribution in [1.82, 2.24) is 4.90 Å². The van der Waals surface area contributed by atoms with E-state index in [4.69, 9.17) is 5.26 Å². The number of amides is 1. The highest BCUT2D eigenvalue weighted by Crippen LogP contribution is 2.21. The number of non-ortho nitro benzene ring substituents is 1. The van der Waals surface area contributed by atoms with Gasteiger partial charge < -0.3 is 4.90 Å². The molecule has 98 valence electrons. The van der Waals surface area contributed by atoms with E-state index in [2.05, 4.69) is 6.07 Å². The lowest BCUT2D eigenvalue weighted by molar-refractivity contribution is -0.384. The van der Waals surface area contributed by atoms with Crippen molar-refractivity contribution in [1.29, 1.82) is 5.26 Å². The van der Waals surface area contributed by atoms with Crippen molar-refractivity contribution in [3.8, 4) is 6.07 Å². The van der Waals surface area contributed by atoms with Gasteiger partial charge in [0.05, 0.1) is 11.0 Å². The van der Waals surface area contributed by atoms with E-state index in [1.54, 1.807) is 6.07 Å². The average Bonchev–Trinajstić information content (AvgIpc) is 2.46. The lowest BCUT2D eigenvalue weighted by Crippen LogP contribution is -2.42. The third-order valence-corrected chi connectivity index (χ3v) is 3.22. The predicted octanol–water partition coefficient (Wildman–Crippen LogP) is 2.11. The van der Waals surface area contributed by atoms with Gasteiger partial charge in [-0.25, -0.2) is 0 Å². The normalized spacial score (nSPS) is 18.7. The number of carbonyl (C=O) groups excluding carboxylic acids is 1. The third kappa shape index (κ3) is 2.71. The van der Waals surface area contributed by atoms with E-state index in [1.165, 1.54) is 23.1 Å². The van der Waals surface area contributed by atoms with E-state index in [-0.39, 0.29) is 17.2 Å². The van der Waals surface area contributed by atoms with Crippen molar-refractivity contribution in [3.63, 3.8) is 0 Å². The monoisotopic (exact) mass is 259 g/mol. The van der Waals surface area contributed by atoms with Crippen LogP contribution in [0.2, 0.25) is 0 Å². The van der Waals surface area contributed by atoms with Crippen LogP contribution in [0.3, 0.4) is 0 Å². The minimum Gasteiger partial charge on any atom is -0.323 e. The van der Waals surface area contributed by atoms with Gasteiger partial charge in [0.25, 0.3) is 11.6 Å². The maximum Gasteiger partial charge on any atom is 0.270 e. The standard InChI is InChI=1S/C13H13N3O3/c14-9-12-5-1-2-7-15(12)13(17)10-4-3-6-11(8-10)16(18)19/h3-4,6,8,12H,1-2,5,7H2. The van der Waals surface area contributed by atoms with E-state index >= 15 is 0 Å². The number of benzene rings is 1. The summed E-state index contributed by atoms with van der Waals surface area (Å²) in [4.78, 5) is 24.0. The third-order valence-electron chi connectivity index (χ3n) is 3.22. The first-order valence-electron chi connectivity index (χ1n) is 6.08. The number of likely N-dealkylation sites (tertiary alicyclic amines) is 1. The molecule has 1 saturated heterocycles. The summed E-state index contributed by atoms with van der Waals surface area (Å²) in [5.41, 5.74) is 0.146. The molecule has 1 unspecified atom stereocenters. The van der Waals surface area contributed by atoms with E-state index in [0.29, 0.717) is 13.0 Å². The number of carbonyl (C=O) groups is 1. The zero-order chi connectivity index (χ0) is 13.8. The fourth-order valence-corrected chi connectivity index (χ4v) is 2.23. The molecule has 2 rings (SSSR count). The Morgan fingerprint density at radius 1 is 1.47 bits per heavy atom. The Morgan fingerprint density at radius 2 is 2.26 bits per heavy atom. The van der Waals surface area contributed by atoms with E-state index < -0.39 is 11.0 Å². The number of nitro groups is 1. The van der Waals surface area contributed by atoms with Crippen LogP contribution in [0.5, 0.6) is 0 Å². The predicted molar refractivity (Wildman–Crippen MR) is 67.4 cm³/mol. The highest BCUT2D eigenvalue weighted by Gasteiger charge is 2.27. The average molecular weight is 259 g/mol. The number of nitrogens with zero attached hydrogens (tertiary/aromatic N) is 3. The molecule has 0 radical (unpaired) electrons. The van der Waals surface area contributed by atoms with Gasteiger partial charge in [-0.1, -0.05) is 6.07 Å². The van der Waals surface area contributed by atoms with Crippen molar-refractivity contribution in [3.05, 3.63) is 39.9 Å². The summed E-state index contributed by atoms with van der Waals surface area (Å²) in [5.74, 6) is -0.310. The Balaban J connectivity index is 2.26. The Morgan fingerprint density at radius 3 is 2.95 bits per heavy atom. The Kier molecular flexibility index (Phi) is 3.76. The lowest BCUT2D eigenvalue weighted by atomic mass is 10.0. The summed E-state index contributed by atoms with van der Waals surface area (Å²) in [6, 6.07) is 7.30. The molecule has 19 heavy (non-hydrogen) atoms. The molecule has 1 aliphatic rings. The van der Waals surface area contributed by atoms with Gasteiger partial charge in [-0.15, -0.1) is 0 Å². The van der Waals surface area contributed by atoms with Crippen LogP contribution in [0.15, 0.2) is 24.3 Å². The van der Waals surface area contributed by atoms with Crippen LogP contribution in [0, 0.1) is 21.4 Å². The molecule has 0 saturated carbocycles. The number of nitriles is 1. The van der Waals surface area contributed by atoms with Crippen molar-refractivity contribution in [2.45, 2.75) is 25.3 Å². The molecule has 0 bridgehead atoms. The van der Waals surface area contributed by atoms with Crippen molar-refractivity contribution >= 4 is 11.6 Å². The molecule has 1 aromatic rings. The highest BCUT2D eigenvalue weighted by atomic mass is 16.6. The smallest absolute Gasteiger partial charge is 0.270 e. The fraction of sp³-hybridized carbons (Fsp3) is 0.385. The zero-order valence-electron chi connectivity index (χ0n) is 10.3. The molecule has 1 amide bonds. The van der Waals surface area contributed by atoms with Crippen LogP contribution in [0.1, 0.15) is 29.6 Å². The molecule has 0 spiro atoms. The molecule has 1 aliphatic heterocycles. The zero-order valence-corrected chi connectivity index (χ0v) is 10.3. The first-order valence-corrected chi connectivity index (χ1v) is 6.08. The summed E-state index contributed by atoms with van der Waals surface area (Å²) in [6.07, 6.45) is 2.45. The summed E-state index contributed by atoms with van der Waals surface area (Å²) < 4.78 is 0. The van der Waals surface area contributed by atoms with E-state index in [1.807, 2.05) is 0 Å². The second-order valence-corrected chi connectivity index (χ2v) is 4.45.